The summed E-state index contributed by atoms with van der Waals surface area (Å²) >= 11 is 0. The number of esters is 2. The number of carbonyl (C=O) groups is 2. The van der Waals surface area contributed by atoms with E-state index in [2.05, 4.69) is 77.6 Å². The van der Waals surface area contributed by atoms with Gasteiger partial charge in [0.2, 0.25) is 0 Å². The maximum absolute atomic E-state index is 12.7. The van der Waals surface area contributed by atoms with Crippen molar-refractivity contribution in [3.05, 3.63) is 72.9 Å². The lowest BCUT2D eigenvalue weighted by Crippen LogP contribution is -2.30. The molecule has 0 fully saturated rings. The predicted octanol–water partition coefficient (Wildman–Crippen LogP) is 10.8. The largest absolute Gasteiger partial charge is 0.472 e. The zero-order chi connectivity index (χ0) is 46.0. The van der Waals surface area contributed by atoms with Crippen molar-refractivity contribution in [3.63, 3.8) is 0 Å². The number of phosphoric acid groups is 2. The van der Waals surface area contributed by atoms with E-state index in [9.17, 15) is 33.8 Å². The molecule has 0 aliphatic heterocycles. The molecule has 5 N–H and O–H groups in total. The number of hydrogen-bond donors (Lipinski definition) is 5. The highest BCUT2D eigenvalue weighted by molar-refractivity contribution is 7.47. The van der Waals surface area contributed by atoms with Gasteiger partial charge in [0.05, 0.1) is 25.9 Å². The number of aliphatic hydroxyl groups is 2. The molecule has 2 unspecified atom stereocenters. The lowest BCUT2D eigenvalue weighted by atomic mass is 10.1. The first-order valence-corrected chi connectivity index (χ1v) is 25.7. The van der Waals surface area contributed by atoms with Crippen LogP contribution in [0.2, 0.25) is 0 Å². The van der Waals surface area contributed by atoms with E-state index in [0.717, 1.165) is 89.9 Å². The van der Waals surface area contributed by atoms with Crippen LogP contribution < -0.4 is 0 Å². The molecule has 358 valence electrons. The highest BCUT2D eigenvalue weighted by atomic mass is 31.2. The second-order valence-corrected chi connectivity index (χ2v) is 17.8. The van der Waals surface area contributed by atoms with Gasteiger partial charge in [-0.2, -0.15) is 0 Å². The molecule has 0 amide bonds. The molecule has 0 radical (unpaired) electrons. The number of ether oxygens (including phenoxy) is 2. The van der Waals surface area contributed by atoms with Crippen molar-refractivity contribution in [2.75, 3.05) is 26.4 Å². The number of carbonyl (C=O) groups excluding carboxylic acids is 2. The summed E-state index contributed by atoms with van der Waals surface area (Å²) in [6.45, 7) is 1.45. The van der Waals surface area contributed by atoms with Gasteiger partial charge in [-0.15, -0.1) is 0 Å². The Morgan fingerprint density at radius 2 is 0.968 bits per heavy atom. The Hall–Kier alpha value is -2.48. The average molecular weight is 919 g/mol. The molecule has 0 saturated carbocycles. The molecule has 0 aromatic heterocycles. The SMILES string of the molecule is CCCCC/C=C\C/C=C\CCCCCCCCCC(=O)O[C@H](COC(=O)CCC/C=C\C/C=C\C/C=C\C/C=C\CC(O)CCC)COP(=O)(O)OC[C@@H](O)COP(=O)(O)O. The average Bonchev–Trinajstić information content (AvgIpc) is 3.22. The number of rotatable bonds is 42. The normalized spacial score (nSPS) is 15.1. The van der Waals surface area contributed by atoms with E-state index < -0.39 is 66.2 Å². The maximum atomic E-state index is 12.7. The minimum absolute atomic E-state index is 0.0994. The van der Waals surface area contributed by atoms with Crippen LogP contribution in [0.25, 0.3) is 0 Å². The highest BCUT2D eigenvalue weighted by Crippen LogP contribution is 2.43. The van der Waals surface area contributed by atoms with Gasteiger partial charge in [0, 0.05) is 12.8 Å². The fourth-order valence-electron chi connectivity index (χ4n) is 5.68. The highest BCUT2D eigenvalue weighted by Gasteiger charge is 2.28. The number of unbranched alkanes of at least 4 members (excludes halogenated alkanes) is 11. The molecule has 0 aromatic rings. The fourth-order valence-corrected chi connectivity index (χ4v) is 6.83. The number of phosphoric ester groups is 2. The molecule has 4 atom stereocenters. The Bertz CT molecular complexity index is 1390. The number of allylic oxidation sites excluding steroid dienone is 11. The lowest BCUT2D eigenvalue weighted by Gasteiger charge is -2.20. The minimum Gasteiger partial charge on any atom is -0.462 e. The van der Waals surface area contributed by atoms with E-state index in [1.807, 2.05) is 18.2 Å². The standard InChI is InChI=1S/C46H80O14P2/c1-3-5-6-7-8-9-10-11-12-13-14-17-21-24-27-30-33-37-46(50)60-44(41-59-62(54,55)58-39-43(48)38-57-61(51,52)53)40-56-45(49)36-32-29-26-23-20-18-15-16-19-22-25-28-31-35-42(47)34-4-2/h8-9,11-12,15,18-19,22-23,26,28,31,42-44,47-48H,3-7,10,13-14,16-17,20-21,24-25,27,29-30,32-41H2,1-2H3,(H,54,55)(H2,51,52,53)/b9-8-,12-11-,18-15-,22-19-,26-23-,31-28-/t42?,43-,44+/m0/s1. The van der Waals surface area contributed by atoms with E-state index in [4.69, 9.17) is 23.8 Å². The van der Waals surface area contributed by atoms with E-state index in [1.165, 1.54) is 19.3 Å². The molecule has 0 aromatic carbocycles. The molecule has 0 aliphatic carbocycles. The first-order valence-electron chi connectivity index (χ1n) is 22.7. The van der Waals surface area contributed by atoms with Crippen molar-refractivity contribution >= 4 is 27.6 Å². The molecule has 0 bridgehead atoms. The first kappa shape index (κ1) is 59.5. The fraction of sp³-hybridized carbons (Fsp3) is 0.696. The van der Waals surface area contributed by atoms with Crippen LogP contribution in [0.4, 0.5) is 0 Å². The summed E-state index contributed by atoms with van der Waals surface area (Å²) in [6.07, 6.45) is 42.4. The number of aliphatic hydroxyl groups excluding tert-OH is 2. The molecule has 0 rings (SSSR count). The van der Waals surface area contributed by atoms with E-state index in [-0.39, 0.29) is 18.9 Å². The maximum Gasteiger partial charge on any atom is 0.472 e. The van der Waals surface area contributed by atoms with Crippen LogP contribution in [0.5, 0.6) is 0 Å². The summed E-state index contributed by atoms with van der Waals surface area (Å²) in [5.41, 5.74) is 0. The zero-order valence-corrected chi connectivity index (χ0v) is 39.3. The van der Waals surface area contributed by atoms with Crippen molar-refractivity contribution in [2.24, 2.45) is 0 Å². The van der Waals surface area contributed by atoms with Crippen LogP contribution in [0.15, 0.2) is 72.9 Å². The second-order valence-electron chi connectivity index (χ2n) is 15.1. The Balaban J connectivity index is 4.62. The van der Waals surface area contributed by atoms with Crippen molar-refractivity contribution in [2.45, 2.75) is 180 Å². The third kappa shape index (κ3) is 44.1. The second kappa shape index (κ2) is 41.2. The van der Waals surface area contributed by atoms with Crippen molar-refractivity contribution in [3.8, 4) is 0 Å². The Kier molecular flexibility index (Phi) is 39.6. The summed E-state index contributed by atoms with van der Waals surface area (Å²) < 4.78 is 47.7. The monoisotopic (exact) mass is 919 g/mol. The van der Waals surface area contributed by atoms with Crippen LogP contribution in [0.3, 0.4) is 0 Å². The molecule has 62 heavy (non-hydrogen) atoms. The molecule has 0 spiro atoms. The first-order chi connectivity index (χ1) is 29.8. The van der Waals surface area contributed by atoms with Crippen molar-refractivity contribution in [1.82, 2.24) is 0 Å². The van der Waals surface area contributed by atoms with Gasteiger partial charge in [-0.1, -0.05) is 138 Å². The molecular weight excluding hydrogens is 838 g/mol. The van der Waals surface area contributed by atoms with Crippen LogP contribution in [-0.2, 0) is 41.8 Å². The Labute approximate surface area is 372 Å². The van der Waals surface area contributed by atoms with Crippen LogP contribution in [-0.4, -0.2) is 81.6 Å². The predicted molar refractivity (Wildman–Crippen MR) is 245 cm³/mol. The summed E-state index contributed by atoms with van der Waals surface area (Å²) in [4.78, 5) is 52.7. The molecule has 0 aliphatic rings. The van der Waals surface area contributed by atoms with Crippen LogP contribution >= 0.6 is 15.6 Å². The van der Waals surface area contributed by atoms with Crippen molar-refractivity contribution in [1.29, 1.82) is 0 Å². The third-order valence-corrected chi connectivity index (χ3v) is 10.5. The van der Waals surface area contributed by atoms with E-state index in [0.29, 0.717) is 25.7 Å². The van der Waals surface area contributed by atoms with Gasteiger partial charge in [0.25, 0.3) is 0 Å². The smallest absolute Gasteiger partial charge is 0.462 e. The Morgan fingerprint density at radius 1 is 0.500 bits per heavy atom. The summed E-state index contributed by atoms with van der Waals surface area (Å²) in [6, 6.07) is 0. The molecule has 16 heteroatoms. The van der Waals surface area contributed by atoms with E-state index in [1.54, 1.807) is 0 Å². The summed E-state index contributed by atoms with van der Waals surface area (Å²) in [5, 5.41) is 19.5. The van der Waals surface area contributed by atoms with E-state index >= 15 is 0 Å². The lowest BCUT2D eigenvalue weighted by molar-refractivity contribution is -0.161. The van der Waals surface area contributed by atoms with Crippen LogP contribution in [0, 0.1) is 0 Å². The van der Waals surface area contributed by atoms with Crippen LogP contribution in [0.1, 0.15) is 162 Å². The minimum atomic E-state index is -4.88. The summed E-state index contributed by atoms with van der Waals surface area (Å²) in [5.74, 6) is -1.13. The van der Waals surface area contributed by atoms with Crippen molar-refractivity contribution < 1.29 is 66.7 Å². The van der Waals surface area contributed by atoms with Gasteiger partial charge in [-0.05, 0) is 83.5 Å². The van der Waals surface area contributed by atoms with Gasteiger partial charge in [-0.25, -0.2) is 9.13 Å². The molecule has 0 heterocycles. The quantitative estimate of drug-likeness (QED) is 0.0167. The molecular formula is C46H80O14P2. The molecule has 0 saturated heterocycles. The van der Waals surface area contributed by atoms with Gasteiger partial charge in [0.1, 0.15) is 12.7 Å². The van der Waals surface area contributed by atoms with Gasteiger partial charge in [0.15, 0.2) is 6.10 Å². The topological polar surface area (TPSA) is 216 Å². The number of hydrogen-bond acceptors (Lipinski definition) is 11. The third-order valence-electron chi connectivity index (χ3n) is 9.11. The van der Waals surface area contributed by atoms with Gasteiger partial charge in [-0.3, -0.25) is 23.2 Å². The Morgan fingerprint density at radius 3 is 1.53 bits per heavy atom. The summed E-state index contributed by atoms with van der Waals surface area (Å²) in [7, 11) is -9.71. The van der Waals surface area contributed by atoms with Gasteiger partial charge < -0.3 is 34.4 Å². The van der Waals surface area contributed by atoms with Gasteiger partial charge >= 0.3 is 27.6 Å². The zero-order valence-electron chi connectivity index (χ0n) is 37.6. The molecule has 14 nitrogen and oxygen atoms in total.